The fraction of sp³-hybridized carbons (Fsp3) is 0.440. The molecule has 0 spiro atoms. The molecule has 0 aromatic heterocycles. The lowest BCUT2D eigenvalue weighted by Crippen LogP contribution is -2.45. The van der Waals surface area contributed by atoms with E-state index < -0.39 is 10.1 Å². The van der Waals surface area contributed by atoms with Crippen molar-refractivity contribution < 1.29 is 17.4 Å². The van der Waals surface area contributed by atoms with Crippen molar-refractivity contribution in [3.63, 3.8) is 0 Å². The molecule has 2 aliphatic heterocycles. The van der Waals surface area contributed by atoms with Crippen molar-refractivity contribution in [2.75, 3.05) is 13.1 Å². The lowest BCUT2D eigenvalue weighted by molar-refractivity contribution is -0.133. The first-order chi connectivity index (χ1) is 15.7. The van der Waals surface area contributed by atoms with Crippen LogP contribution >= 0.6 is 0 Å². The fourth-order valence-corrected chi connectivity index (χ4v) is 5.92. The molecule has 7 nitrogen and oxygen atoms in total. The lowest BCUT2D eigenvalue weighted by Gasteiger charge is -2.23. The summed E-state index contributed by atoms with van der Waals surface area (Å²) in [7, 11) is -3.96. The molecule has 0 saturated carbocycles. The minimum absolute atomic E-state index is 0.0220. The van der Waals surface area contributed by atoms with Crippen molar-refractivity contribution in [3.8, 4) is 11.8 Å². The van der Waals surface area contributed by atoms with Crippen LogP contribution in [0.5, 0.6) is 5.75 Å². The van der Waals surface area contributed by atoms with Gasteiger partial charge in [-0.2, -0.15) is 13.7 Å². The summed E-state index contributed by atoms with van der Waals surface area (Å²) in [4.78, 5) is 14.8. The number of nitriles is 1. The number of hydrogen-bond donors (Lipinski definition) is 1. The van der Waals surface area contributed by atoms with Crippen molar-refractivity contribution in [2.45, 2.75) is 62.9 Å². The third-order valence-corrected chi connectivity index (χ3v) is 7.96. The Morgan fingerprint density at radius 1 is 1.15 bits per heavy atom. The minimum atomic E-state index is -3.96. The maximum absolute atomic E-state index is 13.0. The van der Waals surface area contributed by atoms with Crippen LogP contribution in [0.25, 0.3) is 0 Å². The zero-order valence-corrected chi connectivity index (χ0v) is 20.0. The predicted molar refractivity (Wildman–Crippen MR) is 124 cm³/mol. The molecule has 2 aliphatic rings. The number of benzene rings is 2. The summed E-state index contributed by atoms with van der Waals surface area (Å²) >= 11 is 0. The number of rotatable bonds is 5. The van der Waals surface area contributed by atoms with Crippen LogP contribution in [-0.2, 0) is 14.9 Å². The highest BCUT2D eigenvalue weighted by Crippen LogP contribution is 2.36. The number of carbonyl (C=O) groups excluding carboxylic acids is 1. The molecule has 1 amide bonds. The summed E-state index contributed by atoms with van der Waals surface area (Å²) in [5.41, 5.74) is 3.77. The lowest BCUT2D eigenvalue weighted by atomic mass is 9.88. The highest BCUT2D eigenvalue weighted by atomic mass is 32.2. The van der Waals surface area contributed by atoms with Gasteiger partial charge in [0.25, 0.3) is 0 Å². The van der Waals surface area contributed by atoms with Crippen molar-refractivity contribution in [1.29, 1.82) is 5.26 Å². The van der Waals surface area contributed by atoms with Crippen molar-refractivity contribution in [3.05, 3.63) is 58.7 Å². The second kappa shape index (κ2) is 9.16. The van der Waals surface area contributed by atoms with Gasteiger partial charge in [-0.25, -0.2) is 0 Å². The molecule has 0 radical (unpaired) electrons. The van der Waals surface area contributed by atoms with E-state index in [4.69, 9.17) is 4.18 Å². The van der Waals surface area contributed by atoms with Gasteiger partial charge in [0.2, 0.25) is 5.91 Å². The number of carbonyl (C=O) groups is 1. The van der Waals surface area contributed by atoms with Crippen molar-refractivity contribution in [2.24, 2.45) is 0 Å². The molecule has 2 fully saturated rings. The van der Waals surface area contributed by atoms with E-state index in [1.54, 1.807) is 35.2 Å². The highest BCUT2D eigenvalue weighted by molar-refractivity contribution is 7.87. The van der Waals surface area contributed by atoms with Crippen molar-refractivity contribution >= 4 is 16.0 Å². The number of nitrogens with one attached hydrogen (secondary N) is 1. The second-order valence-electron chi connectivity index (χ2n) is 8.98. The van der Waals surface area contributed by atoms with E-state index in [2.05, 4.69) is 11.4 Å². The van der Waals surface area contributed by atoms with Crippen LogP contribution in [0, 0.1) is 32.1 Å². The Kier molecular flexibility index (Phi) is 6.46. The Balaban J connectivity index is 1.55. The average molecular weight is 468 g/mol. The standard InChI is InChI=1S/C25H29N3O4S/c1-16-6-9-21(10-7-16)33(30,31)32-23-11-8-17(2)24(18(23)3)19-13-22(27-15-19)25(29)28-12-4-5-20(28)14-26/h6-11,19-20,22,27H,4-5,12-13,15H2,1-3H3/t19-,20-,22-/m0/s1. The molecule has 2 aromatic rings. The van der Waals surface area contributed by atoms with Crippen LogP contribution in [0.15, 0.2) is 41.3 Å². The topological polar surface area (TPSA) is 99.5 Å². The zero-order chi connectivity index (χ0) is 23.8. The molecule has 3 atom stereocenters. The molecule has 2 heterocycles. The maximum atomic E-state index is 13.0. The molecule has 4 rings (SSSR count). The van der Waals surface area contributed by atoms with Gasteiger partial charge in [-0.1, -0.05) is 23.8 Å². The SMILES string of the molecule is Cc1ccc(S(=O)(=O)Oc2ccc(C)c([C@@H]3CN[C@H](C(=O)N4CCC[C@H]4C#N)C3)c2C)cc1. The van der Waals surface area contributed by atoms with Crippen LogP contribution < -0.4 is 9.50 Å². The van der Waals surface area contributed by atoms with E-state index in [-0.39, 0.29) is 28.8 Å². The number of amides is 1. The van der Waals surface area contributed by atoms with E-state index in [1.807, 2.05) is 26.8 Å². The van der Waals surface area contributed by atoms with Gasteiger partial charge in [0.15, 0.2) is 0 Å². The molecular formula is C25H29N3O4S. The van der Waals surface area contributed by atoms with Gasteiger partial charge < -0.3 is 14.4 Å². The van der Waals surface area contributed by atoms with Crippen molar-refractivity contribution in [1.82, 2.24) is 10.2 Å². The molecule has 174 valence electrons. The molecule has 8 heteroatoms. The van der Waals surface area contributed by atoms with Gasteiger partial charge in [0.1, 0.15) is 16.7 Å². The zero-order valence-electron chi connectivity index (χ0n) is 19.2. The number of nitrogens with zero attached hydrogens (tertiary/aromatic N) is 2. The first kappa shape index (κ1) is 23.3. The molecule has 33 heavy (non-hydrogen) atoms. The number of likely N-dealkylation sites (tertiary alicyclic amines) is 1. The quantitative estimate of drug-likeness (QED) is 0.677. The third-order valence-electron chi connectivity index (χ3n) is 6.71. The van der Waals surface area contributed by atoms with Crippen LogP contribution in [0.2, 0.25) is 0 Å². The second-order valence-corrected chi connectivity index (χ2v) is 10.5. The molecule has 2 saturated heterocycles. The molecule has 2 aromatic carbocycles. The summed E-state index contributed by atoms with van der Waals surface area (Å²) in [6, 6.07) is 11.7. The van der Waals surface area contributed by atoms with Gasteiger partial charge in [0, 0.05) is 13.1 Å². The molecule has 0 bridgehead atoms. The Morgan fingerprint density at radius 2 is 1.88 bits per heavy atom. The monoisotopic (exact) mass is 467 g/mol. The maximum Gasteiger partial charge on any atom is 0.339 e. The Morgan fingerprint density at radius 3 is 2.58 bits per heavy atom. The van der Waals surface area contributed by atoms with Gasteiger partial charge in [-0.3, -0.25) is 4.79 Å². The van der Waals surface area contributed by atoms with E-state index in [0.29, 0.717) is 25.3 Å². The highest BCUT2D eigenvalue weighted by Gasteiger charge is 2.38. The molecule has 0 aliphatic carbocycles. The first-order valence-electron chi connectivity index (χ1n) is 11.3. The third kappa shape index (κ3) is 4.61. The summed E-state index contributed by atoms with van der Waals surface area (Å²) in [6.45, 7) is 6.98. The van der Waals surface area contributed by atoms with Crippen LogP contribution in [0.1, 0.15) is 47.4 Å². The Bertz CT molecular complexity index is 1200. The largest absolute Gasteiger partial charge is 0.379 e. The first-order valence-corrected chi connectivity index (χ1v) is 12.7. The fourth-order valence-electron chi connectivity index (χ4n) is 4.94. The molecule has 1 N–H and O–H groups in total. The van der Waals surface area contributed by atoms with Crippen LogP contribution in [0.4, 0.5) is 0 Å². The summed E-state index contributed by atoms with van der Waals surface area (Å²) in [5.74, 6) is 0.328. The summed E-state index contributed by atoms with van der Waals surface area (Å²) < 4.78 is 31.2. The van der Waals surface area contributed by atoms with Gasteiger partial charge >= 0.3 is 10.1 Å². The van der Waals surface area contributed by atoms with Gasteiger partial charge in [0.05, 0.1) is 12.1 Å². The van der Waals surface area contributed by atoms with Gasteiger partial charge in [-0.15, -0.1) is 0 Å². The summed E-state index contributed by atoms with van der Waals surface area (Å²) in [5, 5.41) is 12.6. The predicted octanol–water partition coefficient (Wildman–Crippen LogP) is 3.34. The molecule has 0 unspecified atom stereocenters. The number of hydrogen-bond acceptors (Lipinski definition) is 6. The van der Waals surface area contributed by atoms with Crippen LogP contribution in [0.3, 0.4) is 0 Å². The van der Waals surface area contributed by atoms with E-state index in [0.717, 1.165) is 35.1 Å². The number of aryl methyl sites for hydroxylation is 2. The van der Waals surface area contributed by atoms with E-state index in [9.17, 15) is 18.5 Å². The van der Waals surface area contributed by atoms with Gasteiger partial charge in [-0.05, 0) is 80.8 Å². The average Bonchev–Trinajstić information content (AvgIpc) is 3.45. The normalized spacial score (nSPS) is 22.8. The Labute approximate surface area is 195 Å². The summed E-state index contributed by atoms with van der Waals surface area (Å²) in [6.07, 6.45) is 2.18. The van der Waals surface area contributed by atoms with Crippen LogP contribution in [-0.4, -0.2) is 44.4 Å². The Hall–Kier alpha value is -2.89. The minimum Gasteiger partial charge on any atom is -0.379 e. The molecular weight excluding hydrogens is 438 g/mol. The van der Waals surface area contributed by atoms with E-state index >= 15 is 0 Å². The smallest absolute Gasteiger partial charge is 0.339 e. The van der Waals surface area contributed by atoms with E-state index in [1.165, 1.54) is 0 Å².